The Balaban J connectivity index is 2.39. The molecule has 0 fully saturated rings. The normalized spacial score (nSPS) is 12.0. The molecule has 1 heterocycles. The molecule has 2 rings (SSSR count). The molecular weight excluding hydrogens is 312 g/mol. The standard InChI is InChI=1S/C18H21ClN2O2/c1-3-21(17(22)11-13-23-2)18(16-6-4-5-12-20-16)14-7-9-15(19)10-8-14/h4-10,12,18H,3,11,13H2,1-2H3/t18-/m0/s1. The Bertz CT molecular complexity index is 617. The van der Waals surface area contributed by atoms with Gasteiger partial charge in [-0.15, -0.1) is 0 Å². The molecule has 0 saturated carbocycles. The van der Waals surface area contributed by atoms with Crippen LogP contribution in [0.3, 0.4) is 0 Å². The topological polar surface area (TPSA) is 42.4 Å². The van der Waals surface area contributed by atoms with Crippen LogP contribution in [0, 0.1) is 0 Å². The number of halogens is 1. The highest BCUT2D eigenvalue weighted by Gasteiger charge is 2.26. The summed E-state index contributed by atoms with van der Waals surface area (Å²) in [6.07, 6.45) is 2.09. The number of amides is 1. The van der Waals surface area contributed by atoms with Gasteiger partial charge in [-0.2, -0.15) is 0 Å². The van der Waals surface area contributed by atoms with Crippen molar-refractivity contribution in [2.24, 2.45) is 0 Å². The first kappa shape index (κ1) is 17.4. The van der Waals surface area contributed by atoms with Crippen LogP contribution in [0.15, 0.2) is 48.7 Å². The van der Waals surface area contributed by atoms with Gasteiger partial charge in [0.05, 0.1) is 24.8 Å². The summed E-state index contributed by atoms with van der Waals surface area (Å²) in [7, 11) is 1.60. The van der Waals surface area contributed by atoms with Gasteiger partial charge in [0.1, 0.15) is 0 Å². The third-order valence-corrected chi connectivity index (χ3v) is 3.90. The van der Waals surface area contributed by atoms with E-state index in [0.717, 1.165) is 11.3 Å². The quantitative estimate of drug-likeness (QED) is 0.776. The van der Waals surface area contributed by atoms with Crippen LogP contribution >= 0.6 is 11.6 Å². The van der Waals surface area contributed by atoms with Crippen LogP contribution in [-0.4, -0.2) is 36.1 Å². The maximum atomic E-state index is 12.6. The van der Waals surface area contributed by atoms with Crippen molar-refractivity contribution in [1.82, 2.24) is 9.88 Å². The van der Waals surface area contributed by atoms with E-state index in [4.69, 9.17) is 16.3 Å². The molecule has 0 aliphatic carbocycles. The van der Waals surface area contributed by atoms with Crippen LogP contribution in [0.4, 0.5) is 0 Å². The number of ether oxygens (including phenoxy) is 1. The molecule has 1 aromatic heterocycles. The molecule has 1 aromatic carbocycles. The fourth-order valence-corrected chi connectivity index (χ4v) is 2.66. The van der Waals surface area contributed by atoms with Gasteiger partial charge in [0.15, 0.2) is 0 Å². The van der Waals surface area contributed by atoms with E-state index in [1.807, 2.05) is 54.3 Å². The fourth-order valence-electron chi connectivity index (χ4n) is 2.53. The molecule has 0 aliphatic heterocycles. The Hall–Kier alpha value is -1.91. The van der Waals surface area contributed by atoms with E-state index >= 15 is 0 Å². The van der Waals surface area contributed by atoms with Gasteiger partial charge in [0, 0.05) is 24.9 Å². The summed E-state index contributed by atoms with van der Waals surface area (Å²) in [5.74, 6) is 0.0416. The number of aromatic nitrogens is 1. The first-order chi connectivity index (χ1) is 11.2. The monoisotopic (exact) mass is 332 g/mol. The molecule has 1 amide bonds. The molecule has 2 aromatic rings. The van der Waals surface area contributed by atoms with E-state index in [1.54, 1.807) is 13.3 Å². The van der Waals surface area contributed by atoms with Gasteiger partial charge in [-0.1, -0.05) is 29.8 Å². The number of nitrogens with zero attached hydrogens (tertiary/aromatic N) is 2. The maximum absolute atomic E-state index is 12.6. The molecule has 5 heteroatoms. The second kappa shape index (κ2) is 8.65. The summed E-state index contributed by atoms with van der Waals surface area (Å²) in [5.41, 5.74) is 1.82. The van der Waals surface area contributed by atoms with Crippen molar-refractivity contribution in [3.05, 3.63) is 64.9 Å². The molecule has 0 bridgehead atoms. The molecule has 1 atom stereocenters. The molecule has 23 heavy (non-hydrogen) atoms. The Kier molecular flexibility index (Phi) is 6.56. The zero-order valence-corrected chi connectivity index (χ0v) is 14.2. The lowest BCUT2D eigenvalue weighted by molar-refractivity contribution is -0.133. The Morgan fingerprint density at radius 3 is 2.57 bits per heavy atom. The van der Waals surface area contributed by atoms with Gasteiger partial charge in [-0.05, 0) is 36.8 Å². The second-order valence-electron chi connectivity index (χ2n) is 5.13. The third kappa shape index (κ3) is 4.53. The number of hydrogen-bond donors (Lipinski definition) is 0. The van der Waals surface area contributed by atoms with Crippen molar-refractivity contribution in [3.8, 4) is 0 Å². The number of rotatable bonds is 7. The predicted molar refractivity (Wildman–Crippen MR) is 91.4 cm³/mol. The average Bonchev–Trinajstić information content (AvgIpc) is 2.59. The van der Waals surface area contributed by atoms with Crippen LogP contribution in [-0.2, 0) is 9.53 Å². The van der Waals surface area contributed by atoms with Crippen LogP contribution in [0.1, 0.15) is 30.6 Å². The summed E-state index contributed by atoms with van der Waals surface area (Å²) in [5, 5.41) is 0.669. The van der Waals surface area contributed by atoms with Gasteiger partial charge >= 0.3 is 0 Å². The van der Waals surface area contributed by atoms with Gasteiger partial charge in [0.2, 0.25) is 5.91 Å². The summed E-state index contributed by atoms with van der Waals surface area (Å²) in [4.78, 5) is 18.9. The van der Waals surface area contributed by atoms with Crippen molar-refractivity contribution in [2.75, 3.05) is 20.3 Å². The highest BCUT2D eigenvalue weighted by molar-refractivity contribution is 6.30. The van der Waals surface area contributed by atoms with Gasteiger partial charge in [-0.25, -0.2) is 0 Å². The minimum atomic E-state index is -0.233. The van der Waals surface area contributed by atoms with E-state index in [2.05, 4.69) is 4.98 Å². The largest absolute Gasteiger partial charge is 0.384 e. The van der Waals surface area contributed by atoms with Crippen molar-refractivity contribution >= 4 is 17.5 Å². The number of carbonyl (C=O) groups excluding carboxylic acids is 1. The molecule has 0 unspecified atom stereocenters. The molecule has 0 saturated heterocycles. The number of pyridine rings is 1. The van der Waals surface area contributed by atoms with Gasteiger partial charge in [0.25, 0.3) is 0 Å². The van der Waals surface area contributed by atoms with Crippen LogP contribution in [0.2, 0.25) is 5.02 Å². The third-order valence-electron chi connectivity index (χ3n) is 3.65. The lowest BCUT2D eigenvalue weighted by atomic mass is 10.0. The van der Waals surface area contributed by atoms with Crippen molar-refractivity contribution in [2.45, 2.75) is 19.4 Å². The first-order valence-electron chi connectivity index (χ1n) is 7.62. The molecule has 0 aliphatic rings. The van der Waals surface area contributed by atoms with E-state index in [9.17, 15) is 4.79 Å². The van der Waals surface area contributed by atoms with Crippen molar-refractivity contribution in [1.29, 1.82) is 0 Å². The Morgan fingerprint density at radius 1 is 1.26 bits per heavy atom. The zero-order chi connectivity index (χ0) is 16.7. The highest BCUT2D eigenvalue weighted by atomic mass is 35.5. The van der Waals surface area contributed by atoms with E-state index in [0.29, 0.717) is 24.6 Å². The predicted octanol–water partition coefficient (Wildman–Crippen LogP) is 3.71. The zero-order valence-electron chi connectivity index (χ0n) is 13.4. The molecular formula is C18H21ClN2O2. The average molecular weight is 333 g/mol. The first-order valence-corrected chi connectivity index (χ1v) is 8.00. The summed E-state index contributed by atoms with van der Waals surface area (Å²) in [6, 6.07) is 13.0. The van der Waals surface area contributed by atoms with E-state index < -0.39 is 0 Å². The number of benzene rings is 1. The van der Waals surface area contributed by atoms with Crippen LogP contribution < -0.4 is 0 Å². The molecule has 0 spiro atoms. The van der Waals surface area contributed by atoms with Crippen LogP contribution in [0.25, 0.3) is 0 Å². The fraction of sp³-hybridized carbons (Fsp3) is 0.333. The van der Waals surface area contributed by atoms with Crippen LogP contribution in [0.5, 0.6) is 0 Å². The SMILES string of the molecule is CCN(C(=O)CCOC)[C@@H](c1ccc(Cl)cc1)c1ccccn1. The minimum absolute atomic E-state index is 0.0416. The summed E-state index contributed by atoms with van der Waals surface area (Å²) < 4.78 is 5.03. The van der Waals surface area contributed by atoms with E-state index in [-0.39, 0.29) is 11.9 Å². The molecule has 0 N–H and O–H groups in total. The molecule has 122 valence electrons. The number of carbonyl (C=O) groups is 1. The number of methoxy groups -OCH3 is 1. The smallest absolute Gasteiger partial charge is 0.225 e. The van der Waals surface area contributed by atoms with Gasteiger partial charge in [-0.3, -0.25) is 9.78 Å². The van der Waals surface area contributed by atoms with Gasteiger partial charge < -0.3 is 9.64 Å². The summed E-state index contributed by atoms with van der Waals surface area (Å²) >= 11 is 5.99. The minimum Gasteiger partial charge on any atom is -0.384 e. The Morgan fingerprint density at radius 2 is 2.00 bits per heavy atom. The maximum Gasteiger partial charge on any atom is 0.225 e. The van der Waals surface area contributed by atoms with E-state index in [1.165, 1.54) is 0 Å². The Labute approximate surface area is 142 Å². The van der Waals surface area contributed by atoms with Crippen molar-refractivity contribution in [3.63, 3.8) is 0 Å². The summed E-state index contributed by atoms with van der Waals surface area (Å²) in [6.45, 7) is 2.97. The van der Waals surface area contributed by atoms with Crippen molar-refractivity contribution < 1.29 is 9.53 Å². The second-order valence-corrected chi connectivity index (χ2v) is 5.57. The highest BCUT2D eigenvalue weighted by Crippen LogP contribution is 2.28. The molecule has 4 nitrogen and oxygen atoms in total. The lowest BCUT2D eigenvalue weighted by Gasteiger charge is -2.31. The lowest BCUT2D eigenvalue weighted by Crippen LogP contribution is -2.36. The molecule has 0 radical (unpaired) electrons. The number of hydrogen-bond acceptors (Lipinski definition) is 3.